The van der Waals surface area contributed by atoms with E-state index in [0.29, 0.717) is 37.4 Å². The molecule has 0 radical (unpaired) electrons. The lowest BCUT2D eigenvalue weighted by atomic mass is 10.1. The molecule has 1 aromatic heterocycles. The van der Waals surface area contributed by atoms with E-state index in [4.69, 9.17) is 5.73 Å². The number of nitro groups is 1. The number of para-hydroxylation sites is 1. The molecule has 8 nitrogen and oxygen atoms in total. The standard InChI is InChI=1S/C16H17N5O3/c17-14-4-2-1-3-13(14)16(22)20-9-7-19(8-10-20)15-6-5-12(11-18-15)21(23)24/h1-6,11H,7-10,17H2/p+1. The number of piperazine rings is 1. The summed E-state index contributed by atoms with van der Waals surface area (Å²) in [6, 6.07) is 10.2. The second-order valence-corrected chi connectivity index (χ2v) is 5.56. The van der Waals surface area contributed by atoms with E-state index in [2.05, 4.69) is 9.88 Å². The number of nitrogens with one attached hydrogen (secondary N) is 1. The van der Waals surface area contributed by atoms with Crippen molar-refractivity contribution in [2.45, 2.75) is 0 Å². The minimum atomic E-state index is -0.443. The van der Waals surface area contributed by atoms with E-state index in [-0.39, 0.29) is 11.6 Å². The number of nitrogen functional groups attached to an aromatic ring is 1. The topological polar surface area (TPSA) is 107 Å². The third-order valence-corrected chi connectivity index (χ3v) is 4.09. The molecule has 124 valence electrons. The molecule has 1 aliphatic heterocycles. The van der Waals surface area contributed by atoms with Gasteiger partial charge in [0, 0.05) is 17.8 Å². The molecule has 1 saturated heterocycles. The van der Waals surface area contributed by atoms with Gasteiger partial charge >= 0.3 is 5.69 Å². The molecule has 24 heavy (non-hydrogen) atoms. The zero-order chi connectivity index (χ0) is 17.1. The van der Waals surface area contributed by atoms with E-state index in [0.717, 1.165) is 5.82 Å². The van der Waals surface area contributed by atoms with E-state index >= 15 is 0 Å². The van der Waals surface area contributed by atoms with Gasteiger partial charge in [-0.3, -0.25) is 19.8 Å². The van der Waals surface area contributed by atoms with Crippen molar-refractivity contribution >= 4 is 23.1 Å². The van der Waals surface area contributed by atoms with Crippen LogP contribution in [0.1, 0.15) is 10.4 Å². The Labute approximate surface area is 138 Å². The number of nitrogens with two attached hydrogens (primary N) is 1. The fourth-order valence-corrected chi connectivity index (χ4v) is 2.73. The molecule has 1 aliphatic rings. The second kappa shape index (κ2) is 6.53. The van der Waals surface area contributed by atoms with Gasteiger partial charge in [0.15, 0.2) is 6.20 Å². The number of pyridine rings is 1. The average molecular weight is 328 g/mol. The van der Waals surface area contributed by atoms with E-state index in [1.165, 1.54) is 12.3 Å². The van der Waals surface area contributed by atoms with E-state index in [1.807, 2.05) is 0 Å². The first-order valence-electron chi connectivity index (χ1n) is 7.61. The largest absolute Gasteiger partial charge is 0.398 e. The Bertz CT molecular complexity index is 755. The highest BCUT2D eigenvalue weighted by Gasteiger charge is 2.27. The van der Waals surface area contributed by atoms with Crippen LogP contribution in [0.2, 0.25) is 0 Å². The van der Waals surface area contributed by atoms with Gasteiger partial charge in [-0.2, -0.15) is 0 Å². The Morgan fingerprint density at radius 3 is 2.42 bits per heavy atom. The van der Waals surface area contributed by atoms with Crippen molar-refractivity contribution in [1.29, 1.82) is 0 Å². The van der Waals surface area contributed by atoms with Gasteiger partial charge in [-0.1, -0.05) is 12.1 Å². The predicted molar refractivity (Wildman–Crippen MR) is 88.6 cm³/mol. The summed E-state index contributed by atoms with van der Waals surface area (Å²) in [5.74, 6) is 0.729. The van der Waals surface area contributed by atoms with Crippen LogP contribution < -0.4 is 15.6 Å². The number of hydrogen-bond donors (Lipinski definition) is 1. The second-order valence-electron chi connectivity index (χ2n) is 5.56. The maximum absolute atomic E-state index is 12.5. The number of amides is 1. The number of hydrogen-bond acceptors (Lipinski definition) is 5. The molecule has 1 amide bonds. The highest BCUT2D eigenvalue weighted by atomic mass is 16.6. The van der Waals surface area contributed by atoms with Crippen LogP contribution in [0.15, 0.2) is 42.6 Å². The number of H-pyrrole nitrogens is 1. The first kappa shape index (κ1) is 15.7. The summed E-state index contributed by atoms with van der Waals surface area (Å²) in [5.41, 5.74) is 6.89. The summed E-state index contributed by atoms with van der Waals surface area (Å²) in [6.45, 7) is 2.43. The fraction of sp³-hybridized carbons (Fsp3) is 0.250. The van der Waals surface area contributed by atoms with Crippen molar-refractivity contribution in [2.24, 2.45) is 0 Å². The molecular formula is C16H18N5O3+. The van der Waals surface area contributed by atoms with Crippen molar-refractivity contribution in [1.82, 2.24) is 4.90 Å². The van der Waals surface area contributed by atoms with E-state index in [9.17, 15) is 14.9 Å². The molecule has 1 fully saturated rings. The third kappa shape index (κ3) is 3.12. The molecular weight excluding hydrogens is 310 g/mol. The molecule has 0 atom stereocenters. The molecule has 8 heteroatoms. The SMILES string of the molecule is Nc1ccccc1C(=O)N1CCN(c2ccc([N+](=O)[O-])c[nH+]2)CC1. The maximum atomic E-state index is 12.5. The quantitative estimate of drug-likeness (QED) is 0.513. The molecule has 3 rings (SSSR count). The van der Waals surface area contributed by atoms with Gasteiger partial charge in [0.1, 0.15) is 13.1 Å². The first-order valence-corrected chi connectivity index (χ1v) is 7.61. The lowest BCUT2D eigenvalue weighted by molar-refractivity contribution is -0.414. The minimum absolute atomic E-state index is 0.0205. The highest BCUT2D eigenvalue weighted by Crippen LogP contribution is 2.17. The van der Waals surface area contributed by atoms with Gasteiger partial charge in [-0.25, -0.2) is 4.98 Å². The molecule has 1 aromatic carbocycles. The number of anilines is 2. The van der Waals surface area contributed by atoms with Crippen LogP contribution in [0.5, 0.6) is 0 Å². The molecule has 3 N–H and O–H groups in total. The molecule has 0 aliphatic carbocycles. The summed E-state index contributed by atoms with van der Waals surface area (Å²) in [4.78, 5) is 29.5. The zero-order valence-electron chi connectivity index (χ0n) is 13.0. The van der Waals surface area contributed by atoms with Gasteiger partial charge in [-0.15, -0.1) is 0 Å². The van der Waals surface area contributed by atoms with Crippen molar-refractivity contribution in [3.63, 3.8) is 0 Å². The van der Waals surface area contributed by atoms with Crippen molar-refractivity contribution in [3.05, 3.63) is 58.3 Å². The van der Waals surface area contributed by atoms with Crippen LogP contribution in [0, 0.1) is 10.1 Å². The lowest BCUT2D eigenvalue weighted by Crippen LogP contribution is -2.50. The van der Waals surface area contributed by atoms with Gasteiger partial charge in [0.25, 0.3) is 11.7 Å². The molecule has 2 heterocycles. The van der Waals surface area contributed by atoms with Gasteiger partial charge in [-0.05, 0) is 12.1 Å². The van der Waals surface area contributed by atoms with Crippen LogP contribution in [-0.2, 0) is 0 Å². The summed E-state index contributed by atoms with van der Waals surface area (Å²) in [6.07, 6.45) is 1.37. The number of aromatic amines is 1. The molecule has 0 unspecified atom stereocenters. The van der Waals surface area contributed by atoms with Crippen molar-refractivity contribution < 1.29 is 14.7 Å². The van der Waals surface area contributed by atoms with Crippen molar-refractivity contribution in [2.75, 3.05) is 36.8 Å². The number of carbonyl (C=O) groups is 1. The molecule has 2 aromatic rings. The van der Waals surface area contributed by atoms with Gasteiger partial charge in [0.2, 0.25) is 0 Å². The number of carbonyl (C=O) groups excluding carboxylic acids is 1. The number of rotatable bonds is 3. The normalized spacial score (nSPS) is 14.5. The molecule has 0 spiro atoms. The summed E-state index contributed by atoms with van der Waals surface area (Å²) < 4.78 is 0. The first-order chi connectivity index (χ1) is 11.6. The van der Waals surface area contributed by atoms with Crippen LogP contribution in [0.25, 0.3) is 0 Å². The van der Waals surface area contributed by atoms with Crippen molar-refractivity contribution in [3.8, 4) is 0 Å². The smallest absolute Gasteiger partial charge is 0.308 e. The summed E-state index contributed by atoms with van der Waals surface area (Å²) >= 11 is 0. The highest BCUT2D eigenvalue weighted by molar-refractivity contribution is 5.99. The molecule has 0 bridgehead atoms. The predicted octanol–water partition coefficient (Wildman–Crippen LogP) is 0.953. The monoisotopic (exact) mass is 328 g/mol. The Kier molecular flexibility index (Phi) is 4.28. The Morgan fingerprint density at radius 2 is 1.83 bits per heavy atom. The van der Waals surface area contributed by atoms with Crippen LogP contribution in [0.3, 0.4) is 0 Å². The number of aromatic nitrogens is 1. The zero-order valence-corrected chi connectivity index (χ0v) is 13.0. The number of nitrogens with zero attached hydrogens (tertiary/aromatic N) is 3. The third-order valence-electron chi connectivity index (χ3n) is 4.09. The van der Waals surface area contributed by atoms with Gasteiger partial charge < -0.3 is 10.6 Å². The fourth-order valence-electron chi connectivity index (χ4n) is 2.73. The molecule has 0 saturated carbocycles. The van der Waals surface area contributed by atoms with Gasteiger partial charge in [0.05, 0.1) is 23.6 Å². The van der Waals surface area contributed by atoms with Crippen LogP contribution in [-0.4, -0.2) is 41.9 Å². The Hall–Kier alpha value is -3.16. The van der Waals surface area contributed by atoms with Crippen LogP contribution >= 0.6 is 0 Å². The summed E-state index contributed by atoms with van der Waals surface area (Å²) in [5, 5.41) is 10.7. The Morgan fingerprint density at radius 1 is 1.12 bits per heavy atom. The van der Waals surface area contributed by atoms with E-state index < -0.39 is 4.92 Å². The maximum Gasteiger partial charge on any atom is 0.308 e. The number of benzene rings is 1. The average Bonchev–Trinajstić information content (AvgIpc) is 2.62. The minimum Gasteiger partial charge on any atom is -0.398 e. The lowest BCUT2D eigenvalue weighted by Gasteiger charge is -2.31. The summed E-state index contributed by atoms with van der Waals surface area (Å²) in [7, 11) is 0. The Balaban J connectivity index is 1.64. The van der Waals surface area contributed by atoms with E-state index in [1.54, 1.807) is 35.2 Å². The van der Waals surface area contributed by atoms with Crippen LogP contribution in [0.4, 0.5) is 17.2 Å².